The topological polar surface area (TPSA) is 29.5 Å². The van der Waals surface area contributed by atoms with Crippen molar-refractivity contribution in [1.82, 2.24) is 0 Å². The quantitative estimate of drug-likeness (QED) is 0.827. The van der Waals surface area contributed by atoms with Gasteiger partial charge in [-0.1, -0.05) is 29.3 Å². The summed E-state index contributed by atoms with van der Waals surface area (Å²) in [6.07, 6.45) is -0.668. The van der Waals surface area contributed by atoms with Crippen molar-refractivity contribution in [2.45, 2.75) is 18.6 Å². The van der Waals surface area contributed by atoms with Gasteiger partial charge in [0.05, 0.1) is 11.1 Å². The number of ether oxygens (including phenoxy) is 1. The molecule has 0 saturated heterocycles. The first-order chi connectivity index (χ1) is 9.54. The first-order valence-corrected chi connectivity index (χ1v) is 6.89. The van der Waals surface area contributed by atoms with E-state index in [0.29, 0.717) is 22.8 Å². The average molecular weight is 313 g/mol. The van der Waals surface area contributed by atoms with Gasteiger partial charge in [-0.05, 0) is 35.9 Å². The molecule has 0 aromatic heterocycles. The average Bonchev–Trinajstić information content (AvgIpc) is 2.42. The summed E-state index contributed by atoms with van der Waals surface area (Å²) >= 11 is 11.7. The van der Waals surface area contributed by atoms with Crippen molar-refractivity contribution in [2.24, 2.45) is 0 Å². The SMILES string of the molecule is O[C@@H]1CC(c2ccc(F)c(Cl)c2)Oc2ccc(Cl)cc21. The third kappa shape index (κ3) is 2.49. The molecule has 0 amide bonds. The molecule has 104 valence electrons. The van der Waals surface area contributed by atoms with Crippen LogP contribution in [0, 0.1) is 5.82 Å². The van der Waals surface area contributed by atoms with Crippen LogP contribution in [-0.4, -0.2) is 5.11 Å². The molecule has 1 unspecified atom stereocenters. The third-order valence-corrected chi connectivity index (χ3v) is 3.88. The molecule has 2 aromatic rings. The zero-order valence-corrected chi connectivity index (χ0v) is 11.8. The van der Waals surface area contributed by atoms with Crippen molar-refractivity contribution in [2.75, 3.05) is 0 Å². The van der Waals surface area contributed by atoms with E-state index in [-0.39, 0.29) is 11.1 Å². The van der Waals surface area contributed by atoms with Gasteiger partial charge in [-0.15, -0.1) is 0 Å². The summed E-state index contributed by atoms with van der Waals surface area (Å²) in [6.45, 7) is 0. The number of rotatable bonds is 1. The van der Waals surface area contributed by atoms with Crippen molar-refractivity contribution < 1.29 is 14.2 Å². The maximum absolute atomic E-state index is 13.2. The van der Waals surface area contributed by atoms with Crippen LogP contribution in [0.2, 0.25) is 10.0 Å². The number of aliphatic hydroxyl groups excluding tert-OH is 1. The molecule has 0 radical (unpaired) electrons. The van der Waals surface area contributed by atoms with E-state index >= 15 is 0 Å². The largest absolute Gasteiger partial charge is 0.485 e. The fourth-order valence-corrected chi connectivity index (χ4v) is 2.70. The van der Waals surface area contributed by atoms with Gasteiger partial charge < -0.3 is 9.84 Å². The second-order valence-electron chi connectivity index (χ2n) is 4.71. The van der Waals surface area contributed by atoms with Crippen LogP contribution in [-0.2, 0) is 0 Å². The van der Waals surface area contributed by atoms with Crippen LogP contribution in [0.1, 0.15) is 29.8 Å². The minimum Gasteiger partial charge on any atom is -0.485 e. The van der Waals surface area contributed by atoms with Gasteiger partial charge in [-0.2, -0.15) is 0 Å². The fraction of sp³-hybridized carbons (Fsp3) is 0.200. The monoisotopic (exact) mass is 312 g/mol. The van der Waals surface area contributed by atoms with Crippen LogP contribution >= 0.6 is 23.2 Å². The van der Waals surface area contributed by atoms with Crippen molar-refractivity contribution in [3.05, 3.63) is 63.4 Å². The molecular formula is C15H11Cl2FO2. The fourth-order valence-electron chi connectivity index (χ4n) is 2.33. The number of benzene rings is 2. The highest BCUT2D eigenvalue weighted by atomic mass is 35.5. The van der Waals surface area contributed by atoms with Crippen molar-refractivity contribution >= 4 is 23.2 Å². The lowest BCUT2D eigenvalue weighted by molar-refractivity contribution is 0.0657. The first-order valence-electron chi connectivity index (χ1n) is 6.13. The number of aliphatic hydroxyl groups is 1. The maximum Gasteiger partial charge on any atom is 0.141 e. The van der Waals surface area contributed by atoms with E-state index in [4.69, 9.17) is 27.9 Å². The number of hydrogen-bond donors (Lipinski definition) is 1. The van der Waals surface area contributed by atoms with Gasteiger partial charge in [0.25, 0.3) is 0 Å². The Morgan fingerprint density at radius 1 is 1.15 bits per heavy atom. The minimum absolute atomic E-state index is 0.0440. The number of fused-ring (bicyclic) bond motifs is 1. The Labute approximate surface area is 125 Å². The second-order valence-corrected chi connectivity index (χ2v) is 5.56. The summed E-state index contributed by atoms with van der Waals surface area (Å²) in [6, 6.07) is 9.54. The Morgan fingerprint density at radius 3 is 2.70 bits per heavy atom. The molecule has 2 nitrogen and oxygen atoms in total. The summed E-state index contributed by atoms with van der Waals surface area (Å²) in [7, 11) is 0. The molecular weight excluding hydrogens is 302 g/mol. The molecule has 0 fully saturated rings. The van der Waals surface area contributed by atoms with Gasteiger partial charge in [-0.3, -0.25) is 0 Å². The molecule has 1 aliphatic heterocycles. The Morgan fingerprint density at radius 2 is 1.95 bits per heavy atom. The number of hydrogen-bond acceptors (Lipinski definition) is 2. The standard InChI is InChI=1S/C15H11Cl2FO2/c16-9-2-4-14-10(6-9)13(19)7-15(20-14)8-1-3-12(18)11(17)5-8/h1-6,13,15,19H,7H2/t13-,15?/m1/s1. The molecule has 0 bridgehead atoms. The highest BCUT2D eigenvalue weighted by molar-refractivity contribution is 6.31. The molecule has 2 atom stereocenters. The molecule has 2 aromatic carbocycles. The van der Waals surface area contributed by atoms with Gasteiger partial charge in [0.1, 0.15) is 17.7 Å². The summed E-state index contributed by atoms with van der Waals surface area (Å²) in [5, 5.41) is 10.8. The molecule has 5 heteroatoms. The van der Waals surface area contributed by atoms with Crippen LogP contribution in [0.5, 0.6) is 5.75 Å². The van der Waals surface area contributed by atoms with E-state index in [0.717, 1.165) is 5.56 Å². The van der Waals surface area contributed by atoms with Crippen LogP contribution < -0.4 is 4.74 Å². The van der Waals surface area contributed by atoms with Crippen LogP contribution in [0.25, 0.3) is 0 Å². The molecule has 20 heavy (non-hydrogen) atoms. The molecule has 0 saturated carbocycles. The zero-order valence-electron chi connectivity index (χ0n) is 10.3. The molecule has 1 N–H and O–H groups in total. The highest BCUT2D eigenvalue weighted by Crippen LogP contribution is 2.42. The first kappa shape index (κ1) is 13.7. The van der Waals surface area contributed by atoms with Gasteiger partial charge >= 0.3 is 0 Å². The summed E-state index contributed by atoms with van der Waals surface area (Å²) < 4.78 is 19.0. The Bertz CT molecular complexity index is 660. The maximum atomic E-state index is 13.2. The lowest BCUT2D eigenvalue weighted by Gasteiger charge is -2.30. The Balaban J connectivity index is 1.94. The van der Waals surface area contributed by atoms with Crippen LogP contribution in [0.3, 0.4) is 0 Å². The zero-order chi connectivity index (χ0) is 14.3. The highest BCUT2D eigenvalue weighted by Gasteiger charge is 2.28. The molecule has 0 aliphatic carbocycles. The van der Waals surface area contributed by atoms with E-state index < -0.39 is 11.9 Å². The molecule has 1 aliphatic rings. The number of halogens is 3. The summed E-state index contributed by atoms with van der Waals surface area (Å²) in [5.74, 6) is 0.109. The van der Waals surface area contributed by atoms with Crippen molar-refractivity contribution in [1.29, 1.82) is 0 Å². The molecule has 0 spiro atoms. The Kier molecular flexibility index (Phi) is 3.59. The molecule has 1 heterocycles. The van der Waals surface area contributed by atoms with E-state index in [1.807, 2.05) is 0 Å². The summed E-state index contributed by atoms with van der Waals surface area (Å²) in [4.78, 5) is 0. The van der Waals surface area contributed by atoms with Gasteiger partial charge in [0, 0.05) is 17.0 Å². The third-order valence-electron chi connectivity index (χ3n) is 3.35. The molecule has 3 rings (SSSR count). The van der Waals surface area contributed by atoms with Crippen molar-refractivity contribution in [3.8, 4) is 5.75 Å². The van der Waals surface area contributed by atoms with Gasteiger partial charge in [0.2, 0.25) is 0 Å². The van der Waals surface area contributed by atoms with Gasteiger partial charge in [-0.25, -0.2) is 4.39 Å². The van der Waals surface area contributed by atoms with Gasteiger partial charge in [0.15, 0.2) is 0 Å². The van der Waals surface area contributed by atoms with Crippen LogP contribution in [0.4, 0.5) is 4.39 Å². The van der Waals surface area contributed by atoms with E-state index in [9.17, 15) is 9.50 Å². The smallest absolute Gasteiger partial charge is 0.141 e. The normalized spacial score (nSPS) is 21.2. The Hall–Kier alpha value is -1.29. The van der Waals surface area contributed by atoms with Crippen LogP contribution in [0.15, 0.2) is 36.4 Å². The van der Waals surface area contributed by atoms with E-state index in [1.54, 1.807) is 24.3 Å². The minimum atomic E-state index is -0.675. The van der Waals surface area contributed by atoms with Crippen molar-refractivity contribution in [3.63, 3.8) is 0 Å². The lowest BCUT2D eigenvalue weighted by Crippen LogP contribution is -2.19. The lowest BCUT2D eigenvalue weighted by atomic mass is 9.95. The second kappa shape index (κ2) is 5.24. The van der Waals surface area contributed by atoms with E-state index in [1.165, 1.54) is 12.1 Å². The predicted octanol–water partition coefficient (Wildman–Crippen LogP) is 4.69. The van der Waals surface area contributed by atoms with E-state index in [2.05, 4.69) is 0 Å². The predicted molar refractivity (Wildman–Crippen MR) is 75.8 cm³/mol. The summed E-state index contributed by atoms with van der Waals surface area (Å²) in [5.41, 5.74) is 1.40.